The van der Waals surface area contributed by atoms with Crippen molar-refractivity contribution >= 4 is 26.6 Å². The number of nitrogens with zero attached hydrogens (tertiary/aromatic N) is 8. The zero-order chi connectivity index (χ0) is 27.6. The molecule has 17 heteroatoms. The van der Waals surface area contributed by atoms with E-state index in [-0.39, 0.29) is 45.3 Å². The minimum Gasteiger partial charge on any atom is -0.310 e. The number of halogens is 6. The van der Waals surface area contributed by atoms with Crippen molar-refractivity contribution in [3.63, 3.8) is 0 Å². The van der Waals surface area contributed by atoms with Crippen LogP contribution in [0.5, 0.6) is 0 Å². The molecule has 5 aromatic heterocycles. The van der Waals surface area contributed by atoms with Gasteiger partial charge in [-0.25, -0.2) is 22.9 Å². The second kappa shape index (κ2) is 8.44. The Morgan fingerprint density at radius 2 is 1.68 bits per heavy atom. The third kappa shape index (κ3) is 4.11. The van der Waals surface area contributed by atoms with E-state index in [0.29, 0.717) is 12.3 Å². The van der Waals surface area contributed by atoms with E-state index in [4.69, 9.17) is 0 Å². The van der Waals surface area contributed by atoms with Crippen LogP contribution in [0.25, 0.3) is 39.6 Å². The Labute approximate surface area is 208 Å². The molecule has 0 aromatic carbocycles. The van der Waals surface area contributed by atoms with Crippen LogP contribution in [-0.2, 0) is 29.2 Å². The minimum atomic E-state index is -4.79. The predicted octanol–water partition coefficient (Wildman–Crippen LogP) is 3.97. The van der Waals surface area contributed by atoms with E-state index in [9.17, 15) is 34.8 Å². The number of hydrogen-bond donors (Lipinski definition) is 0. The maximum Gasteiger partial charge on any atom is 0.435 e. The summed E-state index contributed by atoms with van der Waals surface area (Å²) < 4.78 is 107. The molecule has 0 bridgehead atoms. The number of hydrogen-bond acceptors (Lipinski definition) is 8. The number of rotatable bonds is 4. The minimum absolute atomic E-state index is 0.0329. The number of fused-ring (bicyclic) bond motifs is 2. The van der Waals surface area contributed by atoms with Crippen LogP contribution < -0.4 is 0 Å². The smallest absolute Gasteiger partial charge is 0.310 e. The molecular weight excluding hydrogens is 542 g/mol. The third-order valence-corrected chi connectivity index (χ3v) is 7.28. The van der Waals surface area contributed by atoms with Gasteiger partial charge in [-0.05, 0) is 18.2 Å². The molecular formula is C21H14F6N8O2S. The number of aryl methyl sites for hydroxylation is 1. The molecule has 10 nitrogen and oxygen atoms in total. The molecule has 0 N–H and O–H groups in total. The number of pyridine rings is 1. The van der Waals surface area contributed by atoms with Crippen LogP contribution in [-0.4, -0.2) is 53.5 Å². The molecule has 5 aromatic rings. The van der Waals surface area contributed by atoms with Crippen LogP contribution in [0.3, 0.4) is 0 Å². The molecule has 0 atom stereocenters. The van der Waals surface area contributed by atoms with Crippen molar-refractivity contribution in [1.82, 2.24) is 39.3 Å². The summed E-state index contributed by atoms with van der Waals surface area (Å²) in [5.74, 6) is -0.500. The van der Waals surface area contributed by atoms with Gasteiger partial charge in [-0.2, -0.15) is 31.4 Å². The van der Waals surface area contributed by atoms with Gasteiger partial charge in [-0.3, -0.25) is 4.98 Å². The molecule has 0 aliphatic heterocycles. The van der Waals surface area contributed by atoms with Crippen LogP contribution in [0, 0.1) is 0 Å². The van der Waals surface area contributed by atoms with Gasteiger partial charge in [0.25, 0.3) is 0 Å². The molecule has 5 heterocycles. The fourth-order valence-electron chi connectivity index (χ4n) is 3.73. The Hall–Kier alpha value is -4.15. The number of aromatic nitrogens is 8. The fourth-order valence-corrected chi connectivity index (χ4v) is 4.70. The van der Waals surface area contributed by atoms with E-state index in [1.165, 1.54) is 30.8 Å². The van der Waals surface area contributed by atoms with Crippen LogP contribution in [0.4, 0.5) is 26.3 Å². The molecule has 0 unspecified atom stereocenters. The average molecular weight is 556 g/mol. The van der Waals surface area contributed by atoms with Gasteiger partial charge in [-0.1, -0.05) is 6.92 Å². The maximum atomic E-state index is 13.2. The van der Waals surface area contributed by atoms with Crippen molar-refractivity contribution in [1.29, 1.82) is 0 Å². The summed E-state index contributed by atoms with van der Waals surface area (Å²) in [6, 6.07) is 3.95. The first-order valence-corrected chi connectivity index (χ1v) is 12.3. The monoisotopic (exact) mass is 556 g/mol. The van der Waals surface area contributed by atoms with Gasteiger partial charge in [-0.15, -0.1) is 10.2 Å². The van der Waals surface area contributed by atoms with Gasteiger partial charge in [0.1, 0.15) is 16.9 Å². The van der Waals surface area contributed by atoms with Crippen molar-refractivity contribution in [3.05, 3.63) is 47.9 Å². The van der Waals surface area contributed by atoms with Gasteiger partial charge in [0.15, 0.2) is 31.9 Å². The largest absolute Gasteiger partial charge is 0.435 e. The molecule has 38 heavy (non-hydrogen) atoms. The SMILES string of the molecule is CCS(=O)(=O)c1nn2c(-c3ccc(C(F)(F)F)cn3)ccnc2c1-c1nc2cc(C(F)(F)F)nnc2n1C. The van der Waals surface area contributed by atoms with Gasteiger partial charge in [0, 0.05) is 25.5 Å². The number of sulfone groups is 1. The summed E-state index contributed by atoms with van der Waals surface area (Å²) >= 11 is 0. The van der Waals surface area contributed by atoms with Crippen LogP contribution >= 0.6 is 0 Å². The predicted molar refractivity (Wildman–Crippen MR) is 119 cm³/mol. The summed E-state index contributed by atoms with van der Waals surface area (Å²) in [7, 11) is -2.66. The Morgan fingerprint density at radius 1 is 0.947 bits per heavy atom. The van der Waals surface area contributed by atoms with E-state index in [0.717, 1.165) is 16.6 Å². The Kier molecular flexibility index (Phi) is 5.66. The highest BCUT2D eigenvalue weighted by Gasteiger charge is 2.35. The van der Waals surface area contributed by atoms with Crippen molar-refractivity contribution in [3.8, 4) is 22.8 Å². The van der Waals surface area contributed by atoms with Crippen molar-refractivity contribution in [2.45, 2.75) is 24.3 Å². The molecule has 0 aliphatic rings. The highest BCUT2D eigenvalue weighted by molar-refractivity contribution is 7.91. The molecule has 0 saturated heterocycles. The lowest BCUT2D eigenvalue weighted by molar-refractivity contribution is -0.141. The highest BCUT2D eigenvalue weighted by atomic mass is 32.2. The Balaban J connectivity index is 1.79. The van der Waals surface area contributed by atoms with E-state index < -0.39 is 38.5 Å². The van der Waals surface area contributed by atoms with Crippen LogP contribution in [0.2, 0.25) is 0 Å². The number of imidazole rings is 1. The Bertz CT molecular complexity index is 1810. The lowest BCUT2D eigenvalue weighted by Gasteiger charge is -2.08. The lowest BCUT2D eigenvalue weighted by atomic mass is 10.2. The average Bonchev–Trinajstić information content (AvgIpc) is 3.41. The topological polar surface area (TPSA) is 121 Å². The van der Waals surface area contributed by atoms with E-state index in [1.54, 1.807) is 0 Å². The Morgan fingerprint density at radius 3 is 2.29 bits per heavy atom. The van der Waals surface area contributed by atoms with E-state index in [2.05, 4.69) is 30.2 Å². The molecule has 0 saturated carbocycles. The van der Waals surface area contributed by atoms with E-state index >= 15 is 0 Å². The van der Waals surface area contributed by atoms with Crippen molar-refractivity contribution in [2.75, 3.05) is 5.75 Å². The lowest BCUT2D eigenvalue weighted by Crippen LogP contribution is -2.09. The molecule has 0 amide bonds. The normalized spacial score (nSPS) is 13.1. The summed E-state index contributed by atoms with van der Waals surface area (Å²) in [6.07, 6.45) is -7.51. The van der Waals surface area contributed by atoms with Gasteiger partial charge < -0.3 is 4.57 Å². The second-order valence-electron chi connectivity index (χ2n) is 8.01. The van der Waals surface area contributed by atoms with Crippen molar-refractivity contribution < 1.29 is 34.8 Å². The van der Waals surface area contributed by atoms with Gasteiger partial charge in [0.2, 0.25) is 0 Å². The fraction of sp³-hybridized carbons (Fsp3) is 0.238. The molecule has 0 radical (unpaired) electrons. The standard InChI is InChI=1S/C21H14F6N8O2S/c1-3-38(36,37)19-15(18-30-12-8-14(21(25,26)27)31-32-16(12)34(18)2)17-28-7-6-13(35(17)33-19)11-5-4-10(9-29-11)20(22,23)24/h4-9H,3H2,1-2H3. The first-order valence-electron chi connectivity index (χ1n) is 10.6. The molecule has 0 spiro atoms. The molecule has 0 fully saturated rings. The first-order chi connectivity index (χ1) is 17.7. The highest BCUT2D eigenvalue weighted by Crippen LogP contribution is 2.35. The zero-order valence-corrected chi connectivity index (χ0v) is 20.1. The summed E-state index contributed by atoms with van der Waals surface area (Å²) in [5.41, 5.74) is -2.60. The first kappa shape index (κ1) is 25.5. The van der Waals surface area contributed by atoms with Gasteiger partial charge in [0.05, 0.1) is 22.7 Å². The molecule has 0 aliphatic carbocycles. The summed E-state index contributed by atoms with van der Waals surface area (Å²) in [5, 5.41) is 10.5. The quantitative estimate of drug-likeness (QED) is 0.305. The third-order valence-electron chi connectivity index (χ3n) is 5.64. The zero-order valence-electron chi connectivity index (χ0n) is 19.2. The second-order valence-corrected chi connectivity index (χ2v) is 10.2. The summed E-state index contributed by atoms with van der Waals surface area (Å²) in [6.45, 7) is 1.37. The van der Waals surface area contributed by atoms with E-state index in [1.807, 2.05) is 0 Å². The van der Waals surface area contributed by atoms with Crippen molar-refractivity contribution in [2.24, 2.45) is 7.05 Å². The van der Waals surface area contributed by atoms with Gasteiger partial charge >= 0.3 is 12.4 Å². The number of alkyl halides is 6. The maximum absolute atomic E-state index is 13.2. The summed E-state index contributed by atoms with van der Waals surface area (Å²) in [4.78, 5) is 12.2. The van der Waals surface area contributed by atoms with Crippen LogP contribution in [0.15, 0.2) is 41.7 Å². The van der Waals surface area contributed by atoms with Crippen LogP contribution in [0.1, 0.15) is 18.2 Å². The molecule has 198 valence electrons. The molecule has 5 rings (SSSR count).